The molecule has 0 fully saturated rings. The minimum Gasteiger partial charge on any atom is -0.328 e. The molecule has 0 aliphatic carbocycles. The first-order chi connectivity index (χ1) is 10.4. The summed E-state index contributed by atoms with van der Waals surface area (Å²) in [6, 6.07) is 0. The molecule has 0 rings (SSSR count). The number of hydrogen-bond donors (Lipinski definition) is 18. The Kier molecular flexibility index (Phi) is 60.6. The van der Waals surface area contributed by atoms with Crippen molar-refractivity contribution in [3.05, 3.63) is 0 Å². The fraction of sp³-hybridized carbons (Fsp3) is 0. The Morgan fingerprint density at radius 3 is 0.167 bits per heavy atom. The van der Waals surface area contributed by atoms with Gasteiger partial charge in [0.1, 0.15) is 0 Å². The normalized spacial score (nSPS) is 9.00. The van der Waals surface area contributed by atoms with E-state index in [9.17, 15) is 0 Å². The van der Waals surface area contributed by atoms with Gasteiger partial charge in [0.2, 0.25) is 0 Å². The lowest BCUT2D eigenvalue weighted by atomic mass is 15.8. The lowest BCUT2D eigenvalue weighted by molar-refractivity contribution is 0.366. The maximum Gasteiger partial charge on any atom is 0.324 e. The topological polar surface area (TPSA) is 364 Å². The van der Waals surface area contributed by atoms with E-state index in [1.807, 2.05) is 0 Å². The summed E-state index contributed by atoms with van der Waals surface area (Å²) in [6.45, 7) is 0. The molecule has 0 bridgehead atoms. The van der Waals surface area contributed by atoms with Gasteiger partial charge in [0, 0.05) is 0 Å². The third-order valence-electron chi connectivity index (χ3n) is 0. The van der Waals surface area contributed by atoms with Crippen LogP contribution in [0.2, 0.25) is 0 Å². The minimum atomic E-state index is -2.62. The summed E-state index contributed by atoms with van der Waals surface area (Å²) in [6.07, 6.45) is 0. The summed E-state index contributed by atoms with van der Waals surface area (Å²) in [5.41, 5.74) is 0. The molecule has 24 heteroatoms. The van der Waals surface area contributed by atoms with Gasteiger partial charge in [-0.2, -0.15) is 0 Å². The molecule has 0 unspecified atom stereocenters. The Balaban J connectivity index is -0.0000000405. The van der Waals surface area contributed by atoms with Gasteiger partial charge in [0.05, 0.1) is 0 Å². The van der Waals surface area contributed by atoms with Crippen molar-refractivity contribution >= 4 is 51.6 Å². The third-order valence-corrected chi connectivity index (χ3v) is 0. The quantitative estimate of drug-likeness (QED) is 0.141. The lowest BCUT2D eigenvalue weighted by Crippen LogP contribution is -1.54. The molecule has 0 heterocycles. The molecule has 0 amide bonds. The average Bonchev–Trinajstić information content (AvgIpc) is 2.08. The predicted octanol–water partition coefficient (Wildman–Crippen LogP) is -4.86. The molecule has 0 radical (unpaired) electrons. The fourth-order valence-corrected chi connectivity index (χ4v) is 0. The Morgan fingerprint density at radius 1 is 0.167 bits per heavy atom. The minimum absolute atomic E-state index is 2.62. The second-order valence-electron chi connectivity index (χ2n) is 1.61. The van der Waals surface area contributed by atoms with Crippen molar-refractivity contribution in [3.63, 3.8) is 0 Å². The zero-order valence-corrected chi connectivity index (χ0v) is 16.1. The predicted molar refractivity (Wildman–Crippen MR) is 81.5 cm³/mol. The van der Waals surface area contributed by atoms with Crippen molar-refractivity contribution in [2.75, 3.05) is 0 Å². The van der Waals surface area contributed by atoms with Crippen molar-refractivity contribution < 1.29 is 88.1 Å². The highest BCUT2D eigenvalue weighted by Gasteiger charge is 1.78. The molecular weight excluding hydrogens is 474 g/mol. The zero-order valence-electron chi connectivity index (χ0n) is 10.7. The first-order valence-corrected chi connectivity index (χ1v) is 10.8. The molecule has 0 aliphatic heterocycles. The smallest absolute Gasteiger partial charge is 0.324 e. The molecule has 0 aromatic rings. The maximum atomic E-state index is 7.23. The summed E-state index contributed by atoms with van der Waals surface area (Å²) < 4.78 is 0. The van der Waals surface area contributed by atoms with E-state index < -0.39 is 51.6 Å². The van der Waals surface area contributed by atoms with Crippen molar-refractivity contribution in [1.82, 2.24) is 0 Å². The summed E-state index contributed by atoms with van der Waals surface area (Å²) >= 11 is 0. The highest BCUT2D eigenvalue weighted by atomic mass is 31.2. The molecule has 0 atom stereocenters. The van der Waals surface area contributed by atoms with Crippen LogP contribution >= 0.6 is 51.6 Å². The standard InChI is InChI=1S/6H3O3P/c6*1-4(2)3/h6*1-3H. The molecule has 18 N–H and O–H groups in total. The highest BCUT2D eigenvalue weighted by Crippen LogP contribution is 2.13. The van der Waals surface area contributed by atoms with Gasteiger partial charge in [-0.3, -0.25) is 0 Å². The van der Waals surface area contributed by atoms with Crippen molar-refractivity contribution in [2.45, 2.75) is 0 Å². The van der Waals surface area contributed by atoms with Gasteiger partial charge in [-0.1, -0.05) is 0 Å². The van der Waals surface area contributed by atoms with Crippen molar-refractivity contribution in [3.8, 4) is 0 Å². The van der Waals surface area contributed by atoms with Gasteiger partial charge < -0.3 is 88.1 Å². The Labute approximate surface area is 140 Å². The maximum absolute atomic E-state index is 7.23. The molecule has 0 aliphatic rings. The average molecular weight is 492 g/mol. The Morgan fingerprint density at radius 2 is 0.167 bits per heavy atom. The van der Waals surface area contributed by atoms with Crippen LogP contribution in [0.5, 0.6) is 0 Å². The molecule has 0 aromatic carbocycles. The van der Waals surface area contributed by atoms with Gasteiger partial charge in [0.15, 0.2) is 0 Å². The molecular formula is H18O18P6. The SMILES string of the molecule is OP(O)O.OP(O)O.OP(O)O.OP(O)O.OP(O)O.OP(O)O. The molecule has 0 saturated carbocycles. The van der Waals surface area contributed by atoms with Crippen LogP contribution in [0.3, 0.4) is 0 Å². The summed E-state index contributed by atoms with van der Waals surface area (Å²) in [7, 11) is -15.7. The molecule has 156 valence electrons. The van der Waals surface area contributed by atoms with Crippen molar-refractivity contribution in [2.24, 2.45) is 0 Å². The Bertz CT molecular complexity index is 94.5. The van der Waals surface area contributed by atoms with Crippen LogP contribution in [0.1, 0.15) is 0 Å². The summed E-state index contributed by atoms with van der Waals surface area (Å²) in [4.78, 5) is 130. The van der Waals surface area contributed by atoms with E-state index in [0.29, 0.717) is 0 Å². The second-order valence-corrected chi connectivity index (χ2v) is 4.83. The first kappa shape index (κ1) is 40.5. The summed E-state index contributed by atoms with van der Waals surface area (Å²) in [5, 5.41) is 0. The second kappa shape index (κ2) is 35.9. The first-order valence-electron chi connectivity index (χ1n) is 3.60. The van der Waals surface area contributed by atoms with Gasteiger partial charge in [0.25, 0.3) is 0 Å². The van der Waals surface area contributed by atoms with Gasteiger partial charge >= 0.3 is 51.6 Å². The van der Waals surface area contributed by atoms with Crippen LogP contribution in [-0.2, 0) is 0 Å². The van der Waals surface area contributed by atoms with Crippen molar-refractivity contribution in [1.29, 1.82) is 0 Å². The van der Waals surface area contributed by atoms with E-state index in [-0.39, 0.29) is 0 Å². The summed E-state index contributed by atoms with van der Waals surface area (Å²) in [5.74, 6) is 0. The van der Waals surface area contributed by atoms with Gasteiger partial charge in [-0.05, 0) is 0 Å². The van der Waals surface area contributed by atoms with E-state index in [2.05, 4.69) is 0 Å². The van der Waals surface area contributed by atoms with Crippen LogP contribution in [0.4, 0.5) is 0 Å². The molecule has 18 nitrogen and oxygen atoms in total. The Hall–Kier alpha value is 1.86. The van der Waals surface area contributed by atoms with E-state index in [4.69, 9.17) is 88.1 Å². The molecule has 0 saturated heterocycles. The van der Waals surface area contributed by atoms with Crippen LogP contribution in [0.25, 0.3) is 0 Å². The largest absolute Gasteiger partial charge is 0.328 e. The highest BCUT2D eigenvalue weighted by molar-refractivity contribution is 7.39. The molecule has 24 heavy (non-hydrogen) atoms. The fourth-order valence-electron chi connectivity index (χ4n) is 0. The number of rotatable bonds is 0. The molecule has 0 spiro atoms. The van der Waals surface area contributed by atoms with Crippen LogP contribution in [0.15, 0.2) is 0 Å². The lowest BCUT2D eigenvalue weighted by Gasteiger charge is -1.76. The van der Waals surface area contributed by atoms with E-state index in [1.54, 1.807) is 0 Å². The van der Waals surface area contributed by atoms with E-state index in [0.717, 1.165) is 0 Å². The van der Waals surface area contributed by atoms with Gasteiger partial charge in [-0.25, -0.2) is 0 Å². The van der Waals surface area contributed by atoms with Crippen LogP contribution in [-0.4, -0.2) is 88.1 Å². The van der Waals surface area contributed by atoms with E-state index >= 15 is 0 Å². The van der Waals surface area contributed by atoms with E-state index in [1.165, 1.54) is 0 Å². The zero-order chi connectivity index (χ0) is 21.5. The third kappa shape index (κ3) is 3600. The number of hydrogen-bond acceptors (Lipinski definition) is 18. The monoisotopic (exact) mass is 492 g/mol. The van der Waals surface area contributed by atoms with Crippen LogP contribution in [0, 0.1) is 0 Å². The van der Waals surface area contributed by atoms with Crippen LogP contribution < -0.4 is 0 Å². The van der Waals surface area contributed by atoms with Gasteiger partial charge in [-0.15, -0.1) is 0 Å². The molecule has 0 aromatic heterocycles.